The smallest absolute Gasteiger partial charge is 0.217 e. The van der Waals surface area contributed by atoms with Crippen LogP contribution < -0.4 is 5.32 Å². The van der Waals surface area contributed by atoms with Crippen molar-refractivity contribution in [2.45, 2.75) is 25.8 Å². The molecule has 1 amide bonds. The molecule has 0 spiro atoms. The van der Waals surface area contributed by atoms with Crippen molar-refractivity contribution in [3.63, 3.8) is 0 Å². The Bertz CT molecular complexity index is 814. The molecule has 2 atom stereocenters. The summed E-state index contributed by atoms with van der Waals surface area (Å²) >= 11 is 0. The van der Waals surface area contributed by atoms with Crippen molar-refractivity contribution >= 4 is 16.8 Å². The predicted octanol–water partition coefficient (Wildman–Crippen LogP) is 4.22. The van der Waals surface area contributed by atoms with E-state index >= 15 is 0 Å². The summed E-state index contributed by atoms with van der Waals surface area (Å²) in [6, 6.07) is 22.2. The van der Waals surface area contributed by atoms with Crippen LogP contribution >= 0.6 is 0 Å². The number of para-hydroxylation sites is 1. The fourth-order valence-electron chi connectivity index (χ4n) is 2.88. The quantitative estimate of drug-likeness (QED) is 0.784. The Morgan fingerprint density at radius 3 is 2.39 bits per heavy atom. The minimum absolute atomic E-state index is 0.0357. The summed E-state index contributed by atoms with van der Waals surface area (Å²) in [6.07, 6.45) is 0. The van der Waals surface area contributed by atoms with E-state index in [1.54, 1.807) is 6.92 Å². The molecule has 0 fully saturated rings. The lowest BCUT2D eigenvalue weighted by Crippen LogP contribution is -2.30. The maximum Gasteiger partial charge on any atom is 0.217 e. The van der Waals surface area contributed by atoms with Crippen LogP contribution in [-0.4, -0.2) is 10.9 Å². The number of carbonyl (C=O) groups is 1. The van der Waals surface area contributed by atoms with Gasteiger partial charge < -0.3 is 5.32 Å². The van der Waals surface area contributed by atoms with Gasteiger partial charge in [-0.1, -0.05) is 61.5 Å². The molecule has 1 heterocycles. The zero-order valence-electron chi connectivity index (χ0n) is 13.4. The molecule has 1 aromatic heterocycles. The zero-order chi connectivity index (χ0) is 16.2. The molecule has 0 aliphatic heterocycles. The first kappa shape index (κ1) is 15.2. The fraction of sp³-hybridized carbons (Fsp3) is 0.200. The van der Waals surface area contributed by atoms with Crippen LogP contribution in [0.15, 0.2) is 66.7 Å². The summed E-state index contributed by atoms with van der Waals surface area (Å²) in [6.45, 7) is 3.65. The lowest BCUT2D eigenvalue weighted by Gasteiger charge is -2.25. The molecule has 3 rings (SSSR count). The van der Waals surface area contributed by atoms with Crippen LogP contribution in [0.2, 0.25) is 0 Å². The van der Waals surface area contributed by atoms with Gasteiger partial charge in [-0.05, 0) is 17.7 Å². The first-order chi connectivity index (χ1) is 11.1. The molecule has 23 heavy (non-hydrogen) atoms. The Kier molecular flexibility index (Phi) is 4.38. The molecule has 0 aliphatic carbocycles. The lowest BCUT2D eigenvalue weighted by molar-refractivity contribution is -0.119. The maximum atomic E-state index is 11.6. The summed E-state index contributed by atoms with van der Waals surface area (Å²) in [5.74, 6) is 0.0393. The average molecular weight is 304 g/mol. The van der Waals surface area contributed by atoms with E-state index in [2.05, 4.69) is 24.4 Å². The molecule has 3 heteroatoms. The lowest BCUT2D eigenvalue weighted by atomic mass is 9.91. The number of benzene rings is 2. The third-order valence-electron chi connectivity index (χ3n) is 4.10. The van der Waals surface area contributed by atoms with Crippen LogP contribution in [0.1, 0.15) is 37.1 Å². The molecule has 116 valence electrons. The van der Waals surface area contributed by atoms with E-state index in [1.165, 1.54) is 0 Å². The van der Waals surface area contributed by atoms with Gasteiger partial charge in [0, 0.05) is 23.9 Å². The van der Waals surface area contributed by atoms with Gasteiger partial charge >= 0.3 is 0 Å². The number of nitrogens with one attached hydrogen (secondary N) is 1. The topological polar surface area (TPSA) is 42.0 Å². The fourth-order valence-corrected chi connectivity index (χ4v) is 2.88. The Balaban J connectivity index is 1.98. The number of fused-ring (bicyclic) bond motifs is 1. The first-order valence-corrected chi connectivity index (χ1v) is 7.83. The molecule has 0 aliphatic rings. The van der Waals surface area contributed by atoms with Crippen molar-refractivity contribution in [3.05, 3.63) is 78.0 Å². The minimum Gasteiger partial charge on any atom is -0.349 e. The van der Waals surface area contributed by atoms with Crippen molar-refractivity contribution in [3.8, 4) is 0 Å². The second kappa shape index (κ2) is 6.61. The predicted molar refractivity (Wildman–Crippen MR) is 93.2 cm³/mol. The molecule has 0 saturated heterocycles. The minimum atomic E-state index is -0.0950. The SMILES string of the molecule is CC(=O)N[C@@H](c1ccccc1)[C@@H](C)c1ccc2ccccc2n1. The molecule has 3 aromatic rings. The largest absolute Gasteiger partial charge is 0.349 e. The number of hydrogen-bond donors (Lipinski definition) is 1. The van der Waals surface area contributed by atoms with Gasteiger partial charge in [-0.2, -0.15) is 0 Å². The Morgan fingerprint density at radius 2 is 1.65 bits per heavy atom. The second-order valence-electron chi connectivity index (χ2n) is 5.81. The Morgan fingerprint density at radius 1 is 0.957 bits per heavy atom. The second-order valence-corrected chi connectivity index (χ2v) is 5.81. The van der Waals surface area contributed by atoms with Crippen molar-refractivity contribution in [1.82, 2.24) is 10.3 Å². The van der Waals surface area contributed by atoms with E-state index in [0.29, 0.717) is 0 Å². The highest BCUT2D eigenvalue weighted by atomic mass is 16.1. The number of rotatable bonds is 4. The summed E-state index contributed by atoms with van der Waals surface area (Å²) in [5, 5.41) is 4.19. The normalized spacial score (nSPS) is 13.5. The monoisotopic (exact) mass is 304 g/mol. The highest BCUT2D eigenvalue weighted by molar-refractivity contribution is 5.78. The third-order valence-corrected chi connectivity index (χ3v) is 4.10. The van der Waals surface area contributed by atoms with Gasteiger partial charge in [-0.3, -0.25) is 9.78 Å². The van der Waals surface area contributed by atoms with Crippen molar-refractivity contribution in [1.29, 1.82) is 0 Å². The van der Waals surface area contributed by atoms with Crippen molar-refractivity contribution < 1.29 is 4.79 Å². The number of hydrogen-bond acceptors (Lipinski definition) is 2. The van der Waals surface area contributed by atoms with Crippen LogP contribution in [0.25, 0.3) is 10.9 Å². The van der Waals surface area contributed by atoms with Gasteiger partial charge in [-0.15, -0.1) is 0 Å². The summed E-state index contributed by atoms with van der Waals surface area (Å²) in [4.78, 5) is 16.4. The number of amides is 1. The molecular weight excluding hydrogens is 284 g/mol. The molecule has 0 unspecified atom stereocenters. The van der Waals surface area contributed by atoms with Gasteiger partial charge in [0.2, 0.25) is 5.91 Å². The average Bonchev–Trinajstić information content (AvgIpc) is 2.59. The van der Waals surface area contributed by atoms with Gasteiger partial charge in [0.1, 0.15) is 0 Å². The van der Waals surface area contributed by atoms with Gasteiger partial charge in [0.25, 0.3) is 0 Å². The zero-order valence-corrected chi connectivity index (χ0v) is 13.4. The summed E-state index contributed by atoms with van der Waals surface area (Å²) in [5.41, 5.74) is 3.04. The number of carbonyl (C=O) groups excluding carboxylic acids is 1. The number of aromatic nitrogens is 1. The van der Waals surface area contributed by atoms with Crippen LogP contribution in [0.5, 0.6) is 0 Å². The number of pyridine rings is 1. The van der Waals surface area contributed by atoms with Crippen molar-refractivity contribution in [2.75, 3.05) is 0 Å². The van der Waals surface area contributed by atoms with Gasteiger partial charge in [-0.25, -0.2) is 0 Å². The van der Waals surface area contributed by atoms with Crippen LogP contribution in [0.3, 0.4) is 0 Å². The van der Waals surface area contributed by atoms with E-state index < -0.39 is 0 Å². The Hall–Kier alpha value is -2.68. The van der Waals surface area contributed by atoms with E-state index in [0.717, 1.165) is 22.2 Å². The molecular formula is C20H20N2O. The highest BCUT2D eigenvalue weighted by Gasteiger charge is 2.22. The molecule has 0 bridgehead atoms. The third kappa shape index (κ3) is 3.39. The van der Waals surface area contributed by atoms with Gasteiger partial charge in [0.05, 0.1) is 11.6 Å². The maximum absolute atomic E-state index is 11.6. The summed E-state index contributed by atoms with van der Waals surface area (Å²) < 4.78 is 0. The van der Waals surface area contributed by atoms with E-state index in [9.17, 15) is 4.79 Å². The molecule has 3 nitrogen and oxygen atoms in total. The first-order valence-electron chi connectivity index (χ1n) is 7.83. The molecule has 2 aromatic carbocycles. The van der Waals surface area contributed by atoms with E-state index in [1.807, 2.05) is 54.6 Å². The van der Waals surface area contributed by atoms with Crippen LogP contribution in [0, 0.1) is 0 Å². The van der Waals surface area contributed by atoms with Crippen LogP contribution in [-0.2, 0) is 4.79 Å². The highest BCUT2D eigenvalue weighted by Crippen LogP contribution is 2.30. The van der Waals surface area contributed by atoms with E-state index in [4.69, 9.17) is 4.98 Å². The Labute approximate surface area is 136 Å². The van der Waals surface area contributed by atoms with Gasteiger partial charge in [0.15, 0.2) is 0 Å². The molecule has 1 N–H and O–H groups in total. The van der Waals surface area contributed by atoms with Crippen LogP contribution in [0.4, 0.5) is 0 Å². The van der Waals surface area contributed by atoms with Crippen molar-refractivity contribution in [2.24, 2.45) is 0 Å². The number of nitrogens with zero attached hydrogens (tertiary/aromatic N) is 1. The molecule has 0 saturated carbocycles. The molecule has 0 radical (unpaired) electrons. The summed E-state index contributed by atoms with van der Waals surface area (Å²) in [7, 11) is 0. The van der Waals surface area contributed by atoms with E-state index in [-0.39, 0.29) is 17.9 Å². The standard InChI is InChI=1S/C20H20N2O/c1-14(18-13-12-16-8-6-7-11-19(16)22-18)20(21-15(2)23)17-9-4-3-5-10-17/h3-14,20H,1-2H3,(H,21,23)/t14-,20+/m0/s1.